The number of aliphatic imine (C=N–C) groups is 1. The third kappa shape index (κ3) is 3.59. The quantitative estimate of drug-likeness (QED) is 0.818. The zero-order valence-corrected chi connectivity index (χ0v) is 13.8. The van der Waals surface area contributed by atoms with Gasteiger partial charge in [-0.15, -0.1) is 11.8 Å². The summed E-state index contributed by atoms with van der Waals surface area (Å²) in [5.41, 5.74) is 2.29. The molecule has 0 saturated heterocycles. The lowest BCUT2D eigenvalue weighted by Crippen LogP contribution is -2.45. The Balaban J connectivity index is 2.48. The van der Waals surface area contributed by atoms with E-state index in [0.29, 0.717) is 5.69 Å². The fourth-order valence-electron chi connectivity index (χ4n) is 2.56. The highest BCUT2D eigenvalue weighted by atomic mass is 32.2. The molecule has 0 spiro atoms. The Bertz CT molecular complexity index is 576. The number of aryl methyl sites for hydroxylation is 1. The number of anilines is 1. The molecule has 5 heteroatoms. The Morgan fingerprint density at radius 2 is 2.05 bits per heavy atom. The van der Waals surface area contributed by atoms with Crippen LogP contribution in [0.2, 0.25) is 0 Å². The average Bonchev–Trinajstić information content (AvgIpc) is 2.57. The van der Waals surface area contributed by atoms with Gasteiger partial charge in [0.05, 0.1) is 10.7 Å². The van der Waals surface area contributed by atoms with Crippen LogP contribution in [0.25, 0.3) is 0 Å². The minimum atomic E-state index is -0.940. The SMILES string of the molecule is CSC1=Nc2cc(N(C(=O)O)C(C)(C)C)ccc2CCC1. The Morgan fingerprint density at radius 3 is 2.62 bits per heavy atom. The molecule has 114 valence electrons. The predicted molar refractivity (Wildman–Crippen MR) is 90.2 cm³/mol. The van der Waals surface area contributed by atoms with E-state index in [1.165, 1.54) is 10.5 Å². The lowest BCUT2D eigenvalue weighted by molar-refractivity contribution is 0.195. The first-order valence-corrected chi connectivity index (χ1v) is 8.33. The van der Waals surface area contributed by atoms with Gasteiger partial charge in [-0.05, 0) is 64.0 Å². The molecule has 1 aromatic carbocycles. The molecule has 1 N–H and O–H groups in total. The third-order valence-electron chi connectivity index (χ3n) is 3.51. The van der Waals surface area contributed by atoms with Crippen LogP contribution < -0.4 is 4.90 Å². The number of thioether (sulfide) groups is 1. The number of hydrogen-bond acceptors (Lipinski definition) is 3. The van der Waals surface area contributed by atoms with Crippen molar-refractivity contribution in [2.75, 3.05) is 11.2 Å². The second-order valence-corrected chi connectivity index (χ2v) is 7.04. The molecule has 1 amide bonds. The van der Waals surface area contributed by atoms with E-state index in [1.807, 2.05) is 45.2 Å². The third-order valence-corrected chi connectivity index (χ3v) is 4.27. The molecule has 21 heavy (non-hydrogen) atoms. The molecule has 0 aliphatic carbocycles. The maximum absolute atomic E-state index is 11.6. The lowest BCUT2D eigenvalue weighted by atomic mass is 10.0. The number of nitrogens with zero attached hydrogens (tertiary/aromatic N) is 2. The van der Waals surface area contributed by atoms with Crippen molar-refractivity contribution in [1.29, 1.82) is 0 Å². The maximum atomic E-state index is 11.6. The molecule has 4 nitrogen and oxygen atoms in total. The molecule has 0 fully saturated rings. The summed E-state index contributed by atoms with van der Waals surface area (Å²) in [4.78, 5) is 17.7. The Kier molecular flexibility index (Phi) is 4.61. The van der Waals surface area contributed by atoms with Gasteiger partial charge in [-0.3, -0.25) is 4.90 Å². The number of amides is 1. The molecule has 0 aromatic heterocycles. The topological polar surface area (TPSA) is 52.9 Å². The Morgan fingerprint density at radius 1 is 1.33 bits per heavy atom. The molecule has 0 atom stereocenters. The summed E-state index contributed by atoms with van der Waals surface area (Å²) < 4.78 is 0. The van der Waals surface area contributed by atoms with Crippen LogP contribution in [-0.2, 0) is 6.42 Å². The summed E-state index contributed by atoms with van der Waals surface area (Å²) in [5.74, 6) is 0. The summed E-state index contributed by atoms with van der Waals surface area (Å²) in [6, 6.07) is 5.80. The van der Waals surface area contributed by atoms with Gasteiger partial charge >= 0.3 is 6.09 Å². The van der Waals surface area contributed by atoms with Gasteiger partial charge in [0.25, 0.3) is 0 Å². The van der Waals surface area contributed by atoms with Crippen molar-refractivity contribution in [3.63, 3.8) is 0 Å². The van der Waals surface area contributed by atoms with Crippen molar-refractivity contribution in [3.8, 4) is 0 Å². The normalized spacial score (nSPS) is 15.0. The van der Waals surface area contributed by atoms with Crippen LogP contribution in [0, 0.1) is 0 Å². The van der Waals surface area contributed by atoms with E-state index in [4.69, 9.17) is 4.99 Å². The number of hydrogen-bond donors (Lipinski definition) is 1. The number of carboxylic acid groups (broad SMARTS) is 1. The number of fused-ring (bicyclic) bond motifs is 1. The molecular formula is C16H22N2O2S. The molecule has 1 heterocycles. The standard InChI is InChI=1S/C16H22N2O2S/c1-16(2,3)18(15(19)20)12-9-8-11-6-5-7-14(21-4)17-13(11)10-12/h8-10H,5-7H2,1-4H3,(H,19,20). The average molecular weight is 306 g/mol. The lowest BCUT2D eigenvalue weighted by Gasteiger charge is -2.33. The van der Waals surface area contributed by atoms with Gasteiger partial charge in [0.15, 0.2) is 0 Å². The van der Waals surface area contributed by atoms with Gasteiger partial charge in [0.1, 0.15) is 0 Å². The van der Waals surface area contributed by atoms with Gasteiger partial charge in [-0.2, -0.15) is 0 Å². The van der Waals surface area contributed by atoms with Gasteiger partial charge < -0.3 is 5.11 Å². The van der Waals surface area contributed by atoms with Crippen molar-refractivity contribution in [1.82, 2.24) is 0 Å². The molecular weight excluding hydrogens is 284 g/mol. The van der Waals surface area contributed by atoms with E-state index in [2.05, 4.69) is 0 Å². The predicted octanol–water partition coefficient (Wildman–Crippen LogP) is 4.70. The highest BCUT2D eigenvalue weighted by Gasteiger charge is 2.28. The van der Waals surface area contributed by atoms with Crippen LogP contribution >= 0.6 is 11.8 Å². The van der Waals surface area contributed by atoms with Gasteiger partial charge in [-0.25, -0.2) is 9.79 Å². The number of rotatable bonds is 1. The summed E-state index contributed by atoms with van der Waals surface area (Å²) >= 11 is 1.67. The van der Waals surface area contributed by atoms with E-state index >= 15 is 0 Å². The molecule has 0 radical (unpaired) electrons. The Labute approximate surface area is 130 Å². The summed E-state index contributed by atoms with van der Waals surface area (Å²) in [7, 11) is 0. The van der Waals surface area contributed by atoms with E-state index in [0.717, 1.165) is 30.0 Å². The first-order chi connectivity index (χ1) is 9.82. The number of benzene rings is 1. The Hall–Kier alpha value is -1.49. The van der Waals surface area contributed by atoms with Crippen molar-refractivity contribution in [2.45, 2.75) is 45.6 Å². The smallest absolute Gasteiger partial charge is 0.412 e. The molecule has 1 aromatic rings. The molecule has 0 unspecified atom stereocenters. The zero-order valence-electron chi connectivity index (χ0n) is 13.0. The van der Waals surface area contributed by atoms with Crippen molar-refractivity contribution in [3.05, 3.63) is 23.8 Å². The van der Waals surface area contributed by atoms with Crippen LogP contribution in [0.5, 0.6) is 0 Å². The fraction of sp³-hybridized carbons (Fsp3) is 0.500. The van der Waals surface area contributed by atoms with E-state index < -0.39 is 11.6 Å². The minimum Gasteiger partial charge on any atom is -0.465 e. The van der Waals surface area contributed by atoms with Gasteiger partial charge in [-0.1, -0.05) is 6.07 Å². The van der Waals surface area contributed by atoms with Crippen molar-refractivity contribution < 1.29 is 9.90 Å². The highest BCUT2D eigenvalue weighted by Crippen LogP contribution is 2.33. The van der Waals surface area contributed by atoms with Crippen LogP contribution in [0.1, 0.15) is 39.2 Å². The van der Waals surface area contributed by atoms with Crippen LogP contribution in [0.15, 0.2) is 23.2 Å². The summed E-state index contributed by atoms with van der Waals surface area (Å²) in [6.45, 7) is 5.68. The molecule has 0 saturated carbocycles. The van der Waals surface area contributed by atoms with E-state index in [-0.39, 0.29) is 0 Å². The van der Waals surface area contributed by atoms with Crippen molar-refractivity contribution >= 4 is 34.3 Å². The number of carbonyl (C=O) groups is 1. The second-order valence-electron chi connectivity index (χ2n) is 6.17. The maximum Gasteiger partial charge on any atom is 0.412 e. The summed E-state index contributed by atoms with van der Waals surface area (Å²) in [5, 5.41) is 10.6. The fourth-order valence-corrected chi connectivity index (χ4v) is 3.10. The summed E-state index contributed by atoms with van der Waals surface area (Å²) in [6.07, 6.45) is 4.17. The molecule has 1 aliphatic rings. The van der Waals surface area contributed by atoms with Crippen LogP contribution in [-0.4, -0.2) is 28.0 Å². The molecule has 2 rings (SSSR count). The molecule has 1 aliphatic heterocycles. The monoisotopic (exact) mass is 306 g/mol. The van der Waals surface area contributed by atoms with Crippen molar-refractivity contribution in [2.24, 2.45) is 4.99 Å². The molecule has 0 bridgehead atoms. The van der Waals surface area contributed by atoms with E-state index in [1.54, 1.807) is 11.8 Å². The van der Waals surface area contributed by atoms with Gasteiger partial charge in [0.2, 0.25) is 0 Å². The first kappa shape index (κ1) is 15.9. The van der Waals surface area contributed by atoms with Crippen LogP contribution in [0.4, 0.5) is 16.2 Å². The second kappa shape index (κ2) is 6.10. The zero-order chi connectivity index (χ0) is 15.6. The highest BCUT2D eigenvalue weighted by molar-refractivity contribution is 8.13. The first-order valence-electron chi connectivity index (χ1n) is 7.10. The van der Waals surface area contributed by atoms with Crippen LogP contribution in [0.3, 0.4) is 0 Å². The van der Waals surface area contributed by atoms with Gasteiger partial charge in [0, 0.05) is 11.2 Å². The minimum absolute atomic E-state index is 0.489. The largest absolute Gasteiger partial charge is 0.465 e. The van der Waals surface area contributed by atoms with E-state index in [9.17, 15) is 9.90 Å².